The smallest absolute Gasteiger partial charge is 0.389 e. The molecule has 0 aliphatic heterocycles. The highest BCUT2D eigenvalue weighted by atomic mass is 79.9. The fourth-order valence-electron chi connectivity index (χ4n) is 1.07. The summed E-state index contributed by atoms with van der Waals surface area (Å²) in [5.41, 5.74) is 6.05. The second kappa shape index (κ2) is 5.01. The molecule has 1 aromatic carbocycles. The van der Waals surface area contributed by atoms with E-state index < -0.39 is 12.7 Å². The van der Waals surface area contributed by atoms with Crippen molar-refractivity contribution in [3.8, 4) is 0 Å². The normalized spacial score (nSPS) is 11.2. The van der Waals surface area contributed by atoms with Gasteiger partial charge in [-0.2, -0.15) is 13.2 Å². The van der Waals surface area contributed by atoms with Crippen LogP contribution in [0.15, 0.2) is 22.7 Å². The van der Waals surface area contributed by atoms with Crippen LogP contribution in [0.3, 0.4) is 0 Å². The van der Waals surface area contributed by atoms with Crippen molar-refractivity contribution in [3.05, 3.63) is 28.2 Å². The molecule has 0 saturated heterocycles. The lowest BCUT2D eigenvalue weighted by molar-refractivity contribution is -0.115. The van der Waals surface area contributed by atoms with Crippen molar-refractivity contribution in [2.24, 2.45) is 5.73 Å². The van der Waals surface area contributed by atoms with E-state index in [1.807, 2.05) is 0 Å². The van der Waals surface area contributed by atoms with Crippen LogP contribution >= 0.6 is 28.1 Å². The molecule has 16 heavy (non-hydrogen) atoms. The number of benzene rings is 1. The minimum absolute atomic E-state index is 0.0529. The SMILES string of the molecule is NC(=S)c1ccc(Br)cc1NCC(F)(F)F. The van der Waals surface area contributed by atoms with E-state index in [4.69, 9.17) is 18.0 Å². The number of nitrogens with one attached hydrogen (secondary N) is 1. The summed E-state index contributed by atoms with van der Waals surface area (Å²) in [6.45, 7) is -1.13. The molecule has 0 amide bonds. The molecule has 0 heterocycles. The molecular formula is C9H8BrF3N2S. The van der Waals surface area contributed by atoms with E-state index in [1.165, 1.54) is 6.07 Å². The second-order valence-electron chi connectivity index (χ2n) is 3.02. The summed E-state index contributed by atoms with van der Waals surface area (Å²) in [5, 5.41) is 2.25. The van der Waals surface area contributed by atoms with Crippen LogP contribution in [0, 0.1) is 0 Å². The third-order valence-corrected chi connectivity index (χ3v) is 2.44. The lowest BCUT2D eigenvalue weighted by Crippen LogP contribution is -2.23. The number of halogens is 4. The number of alkyl halides is 3. The summed E-state index contributed by atoms with van der Waals surface area (Å²) < 4.78 is 36.8. The van der Waals surface area contributed by atoms with Crippen molar-refractivity contribution < 1.29 is 13.2 Å². The highest BCUT2D eigenvalue weighted by Crippen LogP contribution is 2.23. The predicted molar refractivity (Wildman–Crippen MR) is 64.6 cm³/mol. The van der Waals surface area contributed by atoms with Crippen LogP contribution in [-0.4, -0.2) is 17.7 Å². The van der Waals surface area contributed by atoms with Gasteiger partial charge in [0.05, 0.1) is 0 Å². The van der Waals surface area contributed by atoms with Crippen molar-refractivity contribution in [2.75, 3.05) is 11.9 Å². The Morgan fingerprint density at radius 3 is 2.56 bits per heavy atom. The molecule has 0 spiro atoms. The third-order valence-electron chi connectivity index (χ3n) is 1.73. The summed E-state index contributed by atoms with van der Waals surface area (Å²) >= 11 is 7.90. The summed E-state index contributed by atoms with van der Waals surface area (Å²) in [7, 11) is 0. The minimum atomic E-state index is -4.28. The fourth-order valence-corrected chi connectivity index (χ4v) is 1.61. The molecule has 0 aliphatic rings. The largest absolute Gasteiger partial charge is 0.405 e. The maximum absolute atomic E-state index is 12.0. The number of nitrogens with two attached hydrogens (primary N) is 1. The summed E-state index contributed by atoms with van der Waals surface area (Å²) in [6, 6.07) is 4.72. The van der Waals surface area contributed by atoms with Gasteiger partial charge in [0.1, 0.15) is 11.5 Å². The number of anilines is 1. The Hall–Kier alpha value is -0.820. The molecule has 88 valence electrons. The standard InChI is InChI=1S/C9H8BrF3N2S/c10-5-1-2-6(8(14)16)7(3-5)15-4-9(11,12)13/h1-3,15H,4H2,(H2,14,16). The van der Waals surface area contributed by atoms with Crippen LogP contribution in [-0.2, 0) is 0 Å². The first-order chi connectivity index (χ1) is 7.29. The molecule has 0 radical (unpaired) electrons. The van der Waals surface area contributed by atoms with Gasteiger partial charge in [-0.05, 0) is 18.2 Å². The lowest BCUT2D eigenvalue weighted by atomic mass is 10.2. The zero-order valence-electron chi connectivity index (χ0n) is 7.94. The monoisotopic (exact) mass is 312 g/mol. The van der Waals surface area contributed by atoms with E-state index in [9.17, 15) is 13.2 Å². The molecule has 7 heteroatoms. The quantitative estimate of drug-likeness (QED) is 0.842. The van der Waals surface area contributed by atoms with Gasteiger partial charge < -0.3 is 11.1 Å². The molecule has 0 unspecified atom stereocenters. The Kier molecular flexibility index (Phi) is 4.15. The van der Waals surface area contributed by atoms with E-state index >= 15 is 0 Å². The average molecular weight is 313 g/mol. The van der Waals surface area contributed by atoms with Crippen LogP contribution in [0.1, 0.15) is 5.56 Å². The molecule has 1 aromatic rings. The van der Waals surface area contributed by atoms with E-state index in [-0.39, 0.29) is 10.7 Å². The van der Waals surface area contributed by atoms with Crippen molar-refractivity contribution in [1.82, 2.24) is 0 Å². The number of hydrogen-bond acceptors (Lipinski definition) is 2. The first-order valence-electron chi connectivity index (χ1n) is 4.19. The van der Waals surface area contributed by atoms with Gasteiger partial charge in [0.2, 0.25) is 0 Å². The zero-order chi connectivity index (χ0) is 12.3. The van der Waals surface area contributed by atoms with Gasteiger partial charge in [-0.15, -0.1) is 0 Å². The molecule has 0 bridgehead atoms. The second-order valence-corrected chi connectivity index (χ2v) is 4.38. The molecule has 0 atom stereocenters. The first kappa shape index (κ1) is 13.2. The minimum Gasteiger partial charge on any atom is -0.389 e. The zero-order valence-corrected chi connectivity index (χ0v) is 10.3. The Morgan fingerprint density at radius 2 is 2.06 bits per heavy atom. The van der Waals surface area contributed by atoms with Gasteiger partial charge in [0.15, 0.2) is 0 Å². The van der Waals surface area contributed by atoms with Crippen LogP contribution in [0.4, 0.5) is 18.9 Å². The van der Waals surface area contributed by atoms with E-state index in [2.05, 4.69) is 21.2 Å². The maximum Gasteiger partial charge on any atom is 0.405 e. The molecule has 0 fully saturated rings. The maximum atomic E-state index is 12.0. The van der Waals surface area contributed by atoms with Crippen molar-refractivity contribution in [1.29, 1.82) is 0 Å². The summed E-state index contributed by atoms with van der Waals surface area (Å²) in [4.78, 5) is 0.0529. The van der Waals surface area contributed by atoms with Crippen molar-refractivity contribution >= 4 is 38.8 Å². The van der Waals surface area contributed by atoms with Crippen molar-refractivity contribution in [2.45, 2.75) is 6.18 Å². The van der Waals surface area contributed by atoms with Gasteiger partial charge in [0.25, 0.3) is 0 Å². The van der Waals surface area contributed by atoms with Gasteiger partial charge in [-0.1, -0.05) is 28.1 Å². The Morgan fingerprint density at radius 1 is 1.44 bits per heavy atom. The predicted octanol–water partition coefficient (Wildman–Crippen LogP) is 3.06. The highest BCUT2D eigenvalue weighted by Gasteiger charge is 2.27. The van der Waals surface area contributed by atoms with Gasteiger partial charge >= 0.3 is 6.18 Å². The highest BCUT2D eigenvalue weighted by molar-refractivity contribution is 9.10. The van der Waals surface area contributed by atoms with Crippen LogP contribution in [0.5, 0.6) is 0 Å². The fraction of sp³-hybridized carbons (Fsp3) is 0.222. The van der Waals surface area contributed by atoms with Crippen molar-refractivity contribution in [3.63, 3.8) is 0 Å². The lowest BCUT2D eigenvalue weighted by Gasteiger charge is -2.13. The van der Waals surface area contributed by atoms with Crippen LogP contribution < -0.4 is 11.1 Å². The molecule has 1 rings (SSSR count). The first-order valence-corrected chi connectivity index (χ1v) is 5.40. The topological polar surface area (TPSA) is 38.0 Å². The Labute approximate surface area is 104 Å². The number of rotatable bonds is 3. The molecule has 3 N–H and O–H groups in total. The number of hydrogen-bond donors (Lipinski definition) is 2. The average Bonchev–Trinajstić information content (AvgIpc) is 2.13. The van der Waals surface area contributed by atoms with E-state index in [1.54, 1.807) is 12.1 Å². The molecule has 0 aliphatic carbocycles. The number of thiocarbonyl (C=S) groups is 1. The Bertz CT molecular complexity index is 406. The Balaban J connectivity index is 2.93. The van der Waals surface area contributed by atoms with Crippen LogP contribution in [0.25, 0.3) is 0 Å². The van der Waals surface area contributed by atoms with E-state index in [0.717, 1.165) is 0 Å². The van der Waals surface area contributed by atoms with Gasteiger partial charge in [-0.3, -0.25) is 0 Å². The van der Waals surface area contributed by atoms with E-state index in [0.29, 0.717) is 10.0 Å². The molecular weight excluding hydrogens is 305 g/mol. The third kappa shape index (κ3) is 3.97. The molecule has 0 saturated carbocycles. The summed E-state index contributed by atoms with van der Waals surface area (Å²) in [6.07, 6.45) is -4.28. The summed E-state index contributed by atoms with van der Waals surface area (Å²) in [5.74, 6) is 0. The van der Waals surface area contributed by atoms with Gasteiger partial charge in [-0.25, -0.2) is 0 Å². The van der Waals surface area contributed by atoms with Crippen LogP contribution in [0.2, 0.25) is 0 Å². The molecule has 0 aromatic heterocycles. The van der Waals surface area contributed by atoms with Gasteiger partial charge in [0, 0.05) is 15.7 Å². The molecule has 2 nitrogen and oxygen atoms in total.